The van der Waals surface area contributed by atoms with E-state index in [1.54, 1.807) is 30.3 Å². The number of ether oxygens (including phenoxy) is 2. The number of carbonyl (C=O) groups is 2. The Labute approximate surface area is 211 Å². The lowest BCUT2D eigenvalue weighted by molar-refractivity contribution is -0.141. The molecular weight excluding hydrogens is 494 g/mol. The molecule has 1 aliphatic rings. The number of fused-ring (bicyclic) bond motifs is 1. The minimum atomic E-state index is -3.61. The average molecular weight is 524 g/mol. The quantitative estimate of drug-likeness (QED) is 0.485. The number of amides is 2. The SMILES string of the molecule is CCC(C(=O)NC)N(Cc1ccc(Cl)cc1)C(=O)CCCN(c1ccc2c(c1)OCO2)S(C)(=O)=O. The Balaban J connectivity index is 1.74. The topological polar surface area (TPSA) is 105 Å². The van der Waals surface area contributed by atoms with E-state index < -0.39 is 16.1 Å². The third kappa shape index (κ3) is 6.79. The second-order valence-electron chi connectivity index (χ2n) is 8.16. The van der Waals surface area contributed by atoms with Crippen molar-refractivity contribution in [2.75, 3.05) is 30.9 Å². The van der Waals surface area contributed by atoms with Gasteiger partial charge in [-0.05, 0) is 42.7 Å². The molecule has 1 N–H and O–H groups in total. The molecule has 0 aromatic heterocycles. The molecule has 1 unspecified atom stereocenters. The van der Waals surface area contributed by atoms with E-state index in [0.717, 1.165) is 11.8 Å². The molecule has 3 rings (SSSR count). The molecule has 35 heavy (non-hydrogen) atoms. The molecule has 190 valence electrons. The smallest absolute Gasteiger partial charge is 0.242 e. The molecule has 1 heterocycles. The van der Waals surface area contributed by atoms with Crippen LogP contribution in [-0.4, -0.2) is 57.8 Å². The van der Waals surface area contributed by atoms with Crippen LogP contribution in [0.5, 0.6) is 11.5 Å². The van der Waals surface area contributed by atoms with Gasteiger partial charge in [0.25, 0.3) is 0 Å². The number of sulfonamides is 1. The van der Waals surface area contributed by atoms with Gasteiger partial charge in [0, 0.05) is 37.6 Å². The Morgan fingerprint density at radius 2 is 1.80 bits per heavy atom. The van der Waals surface area contributed by atoms with Crippen LogP contribution in [0.2, 0.25) is 5.02 Å². The zero-order chi connectivity index (χ0) is 25.6. The molecule has 1 atom stereocenters. The van der Waals surface area contributed by atoms with Gasteiger partial charge in [-0.15, -0.1) is 0 Å². The van der Waals surface area contributed by atoms with Crippen LogP contribution in [-0.2, 0) is 26.2 Å². The summed E-state index contributed by atoms with van der Waals surface area (Å²) in [7, 11) is -2.08. The van der Waals surface area contributed by atoms with Gasteiger partial charge in [0.2, 0.25) is 28.6 Å². The van der Waals surface area contributed by atoms with Crippen LogP contribution >= 0.6 is 11.6 Å². The molecule has 0 fully saturated rings. The van der Waals surface area contributed by atoms with Gasteiger partial charge in [-0.1, -0.05) is 30.7 Å². The lowest BCUT2D eigenvalue weighted by Gasteiger charge is -2.30. The van der Waals surface area contributed by atoms with Gasteiger partial charge >= 0.3 is 0 Å². The van der Waals surface area contributed by atoms with Crippen molar-refractivity contribution >= 4 is 39.1 Å². The summed E-state index contributed by atoms with van der Waals surface area (Å²) in [6.45, 7) is 2.25. The number of hydrogen-bond donors (Lipinski definition) is 1. The van der Waals surface area contributed by atoms with E-state index in [2.05, 4.69) is 5.32 Å². The van der Waals surface area contributed by atoms with E-state index >= 15 is 0 Å². The van der Waals surface area contributed by atoms with Crippen molar-refractivity contribution in [3.05, 3.63) is 53.1 Å². The fourth-order valence-corrected chi connectivity index (χ4v) is 5.00. The molecular formula is C24H30ClN3O6S. The Bertz CT molecular complexity index is 1160. The Hall–Kier alpha value is -2.98. The van der Waals surface area contributed by atoms with E-state index in [1.165, 1.54) is 16.3 Å². The van der Waals surface area contributed by atoms with Gasteiger partial charge in [-0.2, -0.15) is 0 Å². The second kappa shape index (κ2) is 11.6. The summed E-state index contributed by atoms with van der Waals surface area (Å²) in [5, 5.41) is 3.20. The normalized spacial score (nSPS) is 13.3. The van der Waals surface area contributed by atoms with Crippen LogP contribution in [0, 0.1) is 0 Å². The highest BCUT2D eigenvalue weighted by atomic mass is 35.5. The van der Waals surface area contributed by atoms with E-state index in [-0.39, 0.29) is 44.5 Å². The Kier molecular flexibility index (Phi) is 8.85. The van der Waals surface area contributed by atoms with Gasteiger partial charge in [-0.3, -0.25) is 13.9 Å². The molecule has 2 aromatic carbocycles. The van der Waals surface area contributed by atoms with E-state index in [4.69, 9.17) is 21.1 Å². The predicted molar refractivity (Wildman–Crippen MR) is 134 cm³/mol. The molecule has 0 saturated carbocycles. The minimum Gasteiger partial charge on any atom is -0.454 e. The lowest BCUT2D eigenvalue weighted by Crippen LogP contribution is -2.48. The number of nitrogens with one attached hydrogen (secondary N) is 1. The summed E-state index contributed by atoms with van der Waals surface area (Å²) in [5.41, 5.74) is 1.27. The molecule has 0 aliphatic carbocycles. The number of rotatable bonds is 11. The number of likely N-dealkylation sites (N-methyl/N-ethyl adjacent to an activating group) is 1. The maximum atomic E-state index is 13.3. The molecule has 2 aromatic rings. The third-order valence-corrected chi connectivity index (χ3v) is 7.14. The van der Waals surface area contributed by atoms with Crippen molar-refractivity contribution in [3.63, 3.8) is 0 Å². The number of hydrogen-bond acceptors (Lipinski definition) is 6. The summed E-state index contributed by atoms with van der Waals surface area (Å²) in [6, 6.07) is 11.3. The van der Waals surface area contributed by atoms with Crippen molar-refractivity contribution in [2.45, 2.75) is 38.8 Å². The van der Waals surface area contributed by atoms with E-state index in [1.807, 2.05) is 19.1 Å². The summed E-state index contributed by atoms with van der Waals surface area (Å²) in [4.78, 5) is 27.3. The van der Waals surface area contributed by atoms with Gasteiger partial charge in [0.15, 0.2) is 11.5 Å². The first kappa shape index (κ1) is 26.6. The predicted octanol–water partition coefficient (Wildman–Crippen LogP) is 3.17. The monoisotopic (exact) mass is 523 g/mol. The van der Waals surface area contributed by atoms with Crippen LogP contribution in [0.15, 0.2) is 42.5 Å². The highest BCUT2D eigenvalue weighted by Crippen LogP contribution is 2.36. The lowest BCUT2D eigenvalue weighted by atomic mass is 10.1. The summed E-state index contributed by atoms with van der Waals surface area (Å²) in [6.07, 6.45) is 1.88. The largest absolute Gasteiger partial charge is 0.454 e. The molecule has 1 aliphatic heterocycles. The fraction of sp³-hybridized carbons (Fsp3) is 0.417. The standard InChI is InChI=1S/C24H30ClN3O6S/c1-4-20(24(30)26-2)27(15-17-7-9-18(25)10-8-17)23(29)6-5-13-28(35(3,31)32)19-11-12-21-22(14-19)34-16-33-21/h7-12,14,20H,4-6,13,15-16H2,1-3H3,(H,26,30). The van der Waals surface area contributed by atoms with Crippen LogP contribution in [0.3, 0.4) is 0 Å². The Morgan fingerprint density at radius 1 is 1.11 bits per heavy atom. The highest BCUT2D eigenvalue weighted by Gasteiger charge is 2.28. The number of benzene rings is 2. The van der Waals surface area contributed by atoms with Crippen molar-refractivity contribution < 1.29 is 27.5 Å². The van der Waals surface area contributed by atoms with Gasteiger partial charge in [0.05, 0.1) is 11.9 Å². The summed E-state index contributed by atoms with van der Waals surface area (Å²) < 4.78 is 36.9. The van der Waals surface area contributed by atoms with Crippen molar-refractivity contribution in [1.82, 2.24) is 10.2 Å². The highest BCUT2D eigenvalue weighted by molar-refractivity contribution is 7.92. The molecule has 0 spiro atoms. The van der Waals surface area contributed by atoms with E-state index in [0.29, 0.717) is 28.6 Å². The van der Waals surface area contributed by atoms with Crippen LogP contribution in [0.4, 0.5) is 5.69 Å². The van der Waals surface area contributed by atoms with Crippen molar-refractivity contribution in [3.8, 4) is 11.5 Å². The minimum absolute atomic E-state index is 0.0671. The molecule has 0 radical (unpaired) electrons. The van der Waals surface area contributed by atoms with Crippen molar-refractivity contribution in [1.29, 1.82) is 0 Å². The second-order valence-corrected chi connectivity index (χ2v) is 10.5. The number of nitrogens with zero attached hydrogens (tertiary/aromatic N) is 2. The maximum Gasteiger partial charge on any atom is 0.242 e. The molecule has 2 amide bonds. The number of carbonyl (C=O) groups excluding carboxylic acids is 2. The van der Waals surface area contributed by atoms with Crippen LogP contribution in [0.1, 0.15) is 31.7 Å². The molecule has 0 saturated heterocycles. The third-order valence-electron chi connectivity index (χ3n) is 5.69. The first-order valence-corrected chi connectivity index (χ1v) is 13.5. The first-order chi connectivity index (χ1) is 16.6. The number of halogens is 1. The molecule has 9 nitrogen and oxygen atoms in total. The van der Waals surface area contributed by atoms with Crippen molar-refractivity contribution in [2.24, 2.45) is 0 Å². The zero-order valence-corrected chi connectivity index (χ0v) is 21.6. The van der Waals surface area contributed by atoms with E-state index in [9.17, 15) is 18.0 Å². The zero-order valence-electron chi connectivity index (χ0n) is 20.0. The number of anilines is 1. The van der Waals surface area contributed by atoms with Gasteiger partial charge in [0.1, 0.15) is 6.04 Å². The molecule has 0 bridgehead atoms. The van der Waals surface area contributed by atoms with Crippen LogP contribution < -0.4 is 19.1 Å². The summed E-state index contributed by atoms with van der Waals surface area (Å²) in [5.74, 6) is 0.523. The van der Waals surface area contributed by atoms with Crippen LogP contribution in [0.25, 0.3) is 0 Å². The summed E-state index contributed by atoms with van der Waals surface area (Å²) >= 11 is 5.98. The average Bonchev–Trinajstić information content (AvgIpc) is 3.29. The maximum absolute atomic E-state index is 13.3. The fourth-order valence-electron chi connectivity index (χ4n) is 3.92. The van der Waals surface area contributed by atoms with Gasteiger partial charge in [-0.25, -0.2) is 8.42 Å². The Morgan fingerprint density at radius 3 is 2.43 bits per heavy atom. The first-order valence-electron chi connectivity index (χ1n) is 11.3. The van der Waals surface area contributed by atoms with Gasteiger partial charge < -0.3 is 19.7 Å². The molecule has 11 heteroatoms.